The zero-order valence-corrected chi connectivity index (χ0v) is 24.5. The number of benzene rings is 2. The van der Waals surface area contributed by atoms with E-state index < -0.39 is 90.1 Å². The molecule has 0 saturated heterocycles. The zero-order chi connectivity index (χ0) is 35.2. The number of carbonyl (C=O) groups excluding carboxylic acids is 2. The molecule has 3 heterocycles. The Labute approximate surface area is 265 Å². The van der Waals surface area contributed by atoms with Crippen LogP contribution in [-0.2, 0) is 15.8 Å². The van der Waals surface area contributed by atoms with Gasteiger partial charge in [-0.1, -0.05) is 0 Å². The Hall–Kier alpha value is -5.06. The van der Waals surface area contributed by atoms with Crippen LogP contribution >= 0.6 is 0 Å². The third kappa shape index (κ3) is 6.05. The molecular formula is C31H24F8N4O5. The number of alkyl halides is 7. The Morgan fingerprint density at radius 2 is 1.79 bits per heavy atom. The fourth-order valence-corrected chi connectivity index (χ4v) is 5.15. The van der Waals surface area contributed by atoms with Crippen LogP contribution in [0.25, 0.3) is 22.2 Å². The van der Waals surface area contributed by atoms with E-state index in [1.165, 1.54) is 18.3 Å². The number of nitrogens with zero attached hydrogens (tertiary/aromatic N) is 2. The van der Waals surface area contributed by atoms with Gasteiger partial charge in [0.2, 0.25) is 11.5 Å². The minimum atomic E-state index is -5.64. The standard InChI is InChI=1S/C31H24F8N4O5/c1-14-6-16-7-17(8-20(23(16)41-10-14)47-11-22(33)34)26(44)42-12-30(46,31(37,38)39)21-9-19-25(48-13-29(19,27(35)36)28(40)45)24(43-21)15-2-4-18(32)5-3-15/h2-10,22,27,46H,11-13H2,1H3,(H2,40,45)(H,42,44)/t29-,30?/m0/s1. The number of nitrogens with two attached hydrogens (primary N) is 1. The van der Waals surface area contributed by atoms with Gasteiger partial charge in [0, 0.05) is 28.3 Å². The molecule has 1 aliphatic rings. The summed E-state index contributed by atoms with van der Waals surface area (Å²) in [6.45, 7) is -2.18. The van der Waals surface area contributed by atoms with E-state index in [9.17, 15) is 49.8 Å². The van der Waals surface area contributed by atoms with Crippen LogP contribution in [0.1, 0.15) is 27.2 Å². The van der Waals surface area contributed by atoms with Gasteiger partial charge in [0.25, 0.3) is 18.8 Å². The summed E-state index contributed by atoms with van der Waals surface area (Å²) in [5.41, 5.74) is -4.28. The number of fused-ring (bicyclic) bond motifs is 2. The van der Waals surface area contributed by atoms with Gasteiger partial charge in [0.15, 0.2) is 5.41 Å². The van der Waals surface area contributed by atoms with E-state index >= 15 is 0 Å². The van der Waals surface area contributed by atoms with Crippen molar-refractivity contribution >= 4 is 22.7 Å². The predicted molar refractivity (Wildman–Crippen MR) is 152 cm³/mol. The number of ether oxygens (including phenoxy) is 2. The van der Waals surface area contributed by atoms with Gasteiger partial charge in [-0.2, -0.15) is 13.2 Å². The van der Waals surface area contributed by atoms with Gasteiger partial charge in [-0.15, -0.1) is 0 Å². The average molecular weight is 685 g/mol. The number of hydrogen-bond donors (Lipinski definition) is 3. The molecule has 17 heteroatoms. The van der Waals surface area contributed by atoms with Crippen LogP contribution in [0.3, 0.4) is 0 Å². The van der Waals surface area contributed by atoms with Crippen molar-refractivity contribution in [3.63, 3.8) is 0 Å². The van der Waals surface area contributed by atoms with Crippen molar-refractivity contribution in [2.45, 2.75) is 37.0 Å². The van der Waals surface area contributed by atoms with E-state index in [0.717, 1.165) is 30.3 Å². The number of pyridine rings is 2. The lowest BCUT2D eigenvalue weighted by Crippen LogP contribution is -2.52. The molecule has 1 aliphatic heterocycles. The van der Waals surface area contributed by atoms with Crippen molar-refractivity contribution in [2.24, 2.45) is 5.73 Å². The van der Waals surface area contributed by atoms with Crippen LogP contribution in [0.5, 0.6) is 11.5 Å². The smallest absolute Gasteiger partial charge is 0.424 e. The minimum Gasteiger partial charge on any atom is -0.489 e. The van der Waals surface area contributed by atoms with E-state index in [4.69, 9.17) is 15.2 Å². The van der Waals surface area contributed by atoms with Crippen LogP contribution in [0, 0.1) is 12.7 Å². The number of amides is 2. The molecule has 0 bridgehead atoms. The molecule has 9 nitrogen and oxygen atoms in total. The number of aliphatic hydroxyl groups is 1. The fourth-order valence-electron chi connectivity index (χ4n) is 5.15. The molecular weight excluding hydrogens is 660 g/mol. The van der Waals surface area contributed by atoms with Gasteiger partial charge >= 0.3 is 6.18 Å². The number of nitrogens with one attached hydrogen (secondary N) is 1. The van der Waals surface area contributed by atoms with E-state index in [1.54, 1.807) is 6.92 Å². The Bertz CT molecular complexity index is 1890. The Morgan fingerprint density at radius 1 is 1.10 bits per heavy atom. The maximum Gasteiger partial charge on any atom is 0.424 e. The summed E-state index contributed by atoms with van der Waals surface area (Å²) in [7, 11) is 0. The number of aromatic nitrogens is 2. The van der Waals surface area contributed by atoms with Crippen LogP contribution in [0.15, 0.2) is 54.7 Å². The quantitative estimate of drug-likeness (QED) is 0.201. The molecule has 2 atom stereocenters. The summed E-state index contributed by atoms with van der Waals surface area (Å²) >= 11 is 0. The van der Waals surface area contributed by atoms with Crippen molar-refractivity contribution in [3.8, 4) is 22.8 Å². The van der Waals surface area contributed by atoms with Crippen molar-refractivity contribution in [3.05, 3.63) is 82.9 Å². The Kier molecular flexibility index (Phi) is 8.94. The molecule has 2 aromatic heterocycles. The molecule has 4 aromatic rings. The topological polar surface area (TPSA) is 137 Å². The van der Waals surface area contributed by atoms with Gasteiger partial charge in [0.05, 0.1) is 12.2 Å². The van der Waals surface area contributed by atoms with E-state index in [2.05, 4.69) is 9.97 Å². The summed E-state index contributed by atoms with van der Waals surface area (Å²) in [4.78, 5) is 33.5. The second-order valence-corrected chi connectivity index (χ2v) is 11.0. The Balaban J connectivity index is 1.60. The zero-order valence-electron chi connectivity index (χ0n) is 24.5. The second kappa shape index (κ2) is 12.5. The number of halogens is 8. The summed E-state index contributed by atoms with van der Waals surface area (Å²) in [5, 5.41) is 13.3. The highest BCUT2D eigenvalue weighted by Crippen LogP contribution is 2.49. The van der Waals surface area contributed by atoms with Gasteiger partial charge in [-0.25, -0.2) is 26.9 Å². The largest absolute Gasteiger partial charge is 0.489 e. The summed E-state index contributed by atoms with van der Waals surface area (Å²) in [6, 6.07) is 7.98. The monoisotopic (exact) mass is 684 g/mol. The van der Waals surface area contributed by atoms with Crippen LogP contribution < -0.4 is 20.5 Å². The molecule has 4 N–H and O–H groups in total. The first-order valence-corrected chi connectivity index (χ1v) is 13.9. The van der Waals surface area contributed by atoms with E-state index in [0.29, 0.717) is 11.6 Å². The van der Waals surface area contributed by atoms with Gasteiger partial charge in [-0.05, 0) is 61.0 Å². The minimum absolute atomic E-state index is 0.0828. The normalized spacial score (nSPS) is 17.2. The molecule has 0 radical (unpaired) electrons. The summed E-state index contributed by atoms with van der Waals surface area (Å²) in [6.07, 6.45) is -10.7. The maximum atomic E-state index is 14.7. The van der Waals surface area contributed by atoms with Crippen molar-refractivity contribution in [1.82, 2.24) is 15.3 Å². The van der Waals surface area contributed by atoms with Crippen molar-refractivity contribution in [1.29, 1.82) is 0 Å². The molecule has 48 heavy (non-hydrogen) atoms. The predicted octanol–water partition coefficient (Wildman–Crippen LogP) is 4.95. The molecule has 2 aromatic carbocycles. The van der Waals surface area contributed by atoms with Crippen LogP contribution in [-0.4, -0.2) is 65.7 Å². The fraction of sp³-hybridized carbons (Fsp3) is 0.290. The van der Waals surface area contributed by atoms with Crippen LogP contribution in [0.2, 0.25) is 0 Å². The maximum absolute atomic E-state index is 14.7. The average Bonchev–Trinajstić information content (AvgIpc) is 3.42. The van der Waals surface area contributed by atoms with Crippen LogP contribution in [0.4, 0.5) is 35.1 Å². The molecule has 0 spiro atoms. The lowest BCUT2D eigenvalue weighted by atomic mass is 9.80. The lowest BCUT2D eigenvalue weighted by Gasteiger charge is -2.32. The highest BCUT2D eigenvalue weighted by molar-refractivity contribution is 6.00. The first-order valence-electron chi connectivity index (χ1n) is 13.9. The summed E-state index contributed by atoms with van der Waals surface area (Å²) in [5.74, 6) is -4.46. The molecule has 0 aliphatic carbocycles. The highest BCUT2D eigenvalue weighted by atomic mass is 19.4. The third-order valence-corrected chi connectivity index (χ3v) is 7.74. The molecule has 254 valence electrons. The molecule has 0 fully saturated rings. The molecule has 5 rings (SSSR count). The molecule has 0 saturated carbocycles. The number of primary amides is 1. The molecule has 2 amide bonds. The lowest BCUT2D eigenvalue weighted by molar-refractivity contribution is -0.265. The van der Waals surface area contributed by atoms with Gasteiger partial charge < -0.3 is 25.6 Å². The number of aryl methyl sites for hydroxylation is 1. The van der Waals surface area contributed by atoms with E-state index in [1.807, 2.05) is 5.32 Å². The SMILES string of the molecule is Cc1cnc2c(OCC(F)F)cc(C(=O)NCC(O)(c3cc4c(c(-c5ccc(F)cc5)n3)OC[C@@]4(C(N)=O)C(F)F)C(F)(F)F)cc2c1. The Morgan fingerprint density at radius 3 is 2.40 bits per heavy atom. The van der Waals surface area contributed by atoms with Gasteiger partial charge in [0.1, 0.15) is 41.7 Å². The van der Waals surface area contributed by atoms with Crippen molar-refractivity contribution in [2.75, 3.05) is 19.8 Å². The van der Waals surface area contributed by atoms with E-state index in [-0.39, 0.29) is 27.8 Å². The number of rotatable bonds is 10. The first-order chi connectivity index (χ1) is 22.5. The third-order valence-electron chi connectivity index (χ3n) is 7.74. The first kappa shape index (κ1) is 34.3. The highest BCUT2D eigenvalue weighted by Gasteiger charge is 2.60. The summed E-state index contributed by atoms with van der Waals surface area (Å²) < 4.78 is 123. The number of hydrogen-bond acceptors (Lipinski definition) is 7. The van der Waals surface area contributed by atoms with Gasteiger partial charge in [-0.3, -0.25) is 14.6 Å². The van der Waals surface area contributed by atoms with Crippen molar-refractivity contribution < 1.29 is 59.3 Å². The number of carbonyl (C=O) groups is 2. The molecule has 1 unspecified atom stereocenters. The second-order valence-electron chi connectivity index (χ2n) is 11.0.